The van der Waals surface area contributed by atoms with E-state index in [2.05, 4.69) is 0 Å². The molecule has 1 aliphatic heterocycles. The molecule has 114 valence electrons. The molecule has 1 aliphatic carbocycles. The number of amides is 1. The molecule has 2 fully saturated rings. The lowest BCUT2D eigenvalue weighted by atomic mass is 9.65. The van der Waals surface area contributed by atoms with E-state index < -0.39 is 0 Å². The Morgan fingerprint density at radius 2 is 2.00 bits per heavy atom. The Bertz CT molecular complexity index is 542. The number of halogens is 1. The highest BCUT2D eigenvalue weighted by Gasteiger charge is 2.44. The van der Waals surface area contributed by atoms with Crippen LogP contribution in [0.25, 0.3) is 0 Å². The Kier molecular flexibility index (Phi) is 3.64. The number of carbonyl (C=O) groups is 1. The number of ether oxygens (including phenoxy) is 1. The van der Waals surface area contributed by atoms with Gasteiger partial charge >= 0.3 is 0 Å². The molecular formula is C17H22FNO2. The monoisotopic (exact) mass is 291 g/mol. The molecule has 3 nitrogen and oxygen atoms in total. The molecule has 2 aliphatic rings. The van der Waals surface area contributed by atoms with Crippen LogP contribution in [0.3, 0.4) is 0 Å². The predicted molar refractivity (Wildman–Crippen MR) is 79.0 cm³/mol. The molecule has 1 spiro atoms. The summed E-state index contributed by atoms with van der Waals surface area (Å²) in [5.41, 5.74) is 1.97. The largest absolute Gasteiger partial charge is 0.496 e. The lowest BCUT2D eigenvalue weighted by molar-refractivity contribution is -0.131. The van der Waals surface area contributed by atoms with Gasteiger partial charge in [-0.25, -0.2) is 4.39 Å². The van der Waals surface area contributed by atoms with Crippen LogP contribution in [0.5, 0.6) is 5.75 Å². The molecule has 0 unspecified atom stereocenters. The number of methoxy groups -OCH3 is 1. The number of benzene rings is 1. The molecule has 21 heavy (non-hydrogen) atoms. The first-order valence-corrected chi connectivity index (χ1v) is 7.60. The second-order valence-electron chi connectivity index (χ2n) is 6.61. The topological polar surface area (TPSA) is 29.5 Å². The average Bonchev–Trinajstić information content (AvgIpc) is 2.47. The SMILES string of the molecule is COc1cc(C2CCC3(CC2)CN(C=O)C3)cc(F)c1C. The quantitative estimate of drug-likeness (QED) is 0.800. The zero-order chi connectivity index (χ0) is 15.0. The minimum Gasteiger partial charge on any atom is -0.496 e. The van der Waals surface area contributed by atoms with Gasteiger partial charge in [0.1, 0.15) is 11.6 Å². The Morgan fingerprint density at radius 1 is 1.33 bits per heavy atom. The Morgan fingerprint density at radius 3 is 2.57 bits per heavy atom. The predicted octanol–water partition coefficient (Wildman–Crippen LogP) is 3.26. The smallest absolute Gasteiger partial charge is 0.209 e. The van der Waals surface area contributed by atoms with Gasteiger partial charge in [-0.1, -0.05) is 0 Å². The van der Waals surface area contributed by atoms with Crippen molar-refractivity contribution in [2.75, 3.05) is 20.2 Å². The van der Waals surface area contributed by atoms with Gasteiger partial charge in [0.25, 0.3) is 0 Å². The summed E-state index contributed by atoms with van der Waals surface area (Å²) in [6.07, 6.45) is 5.33. The summed E-state index contributed by atoms with van der Waals surface area (Å²) in [5, 5.41) is 0. The molecule has 4 heteroatoms. The number of likely N-dealkylation sites (tertiary alicyclic amines) is 1. The van der Waals surface area contributed by atoms with Crippen molar-refractivity contribution < 1.29 is 13.9 Å². The summed E-state index contributed by atoms with van der Waals surface area (Å²) in [7, 11) is 1.59. The van der Waals surface area contributed by atoms with Gasteiger partial charge in [-0.3, -0.25) is 4.79 Å². The summed E-state index contributed by atoms with van der Waals surface area (Å²) < 4.78 is 19.3. The third-order valence-corrected chi connectivity index (χ3v) is 5.28. The molecule has 0 radical (unpaired) electrons. The normalized spacial score (nSPS) is 21.2. The van der Waals surface area contributed by atoms with Crippen LogP contribution in [0.4, 0.5) is 4.39 Å². The van der Waals surface area contributed by atoms with E-state index in [0.717, 1.165) is 50.7 Å². The van der Waals surface area contributed by atoms with Crippen molar-refractivity contribution in [1.82, 2.24) is 4.90 Å². The minimum absolute atomic E-state index is 0.180. The fraction of sp³-hybridized carbons (Fsp3) is 0.588. The number of carbonyl (C=O) groups excluding carboxylic acids is 1. The van der Waals surface area contributed by atoms with Crippen LogP contribution in [-0.4, -0.2) is 31.5 Å². The maximum absolute atomic E-state index is 14.0. The van der Waals surface area contributed by atoms with Crippen LogP contribution in [0.15, 0.2) is 12.1 Å². The summed E-state index contributed by atoms with van der Waals surface area (Å²) >= 11 is 0. The number of rotatable bonds is 3. The van der Waals surface area contributed by atoms with E-state index in [1.165, 1.54) is 0 Å². The number of hydrogen-bond donors (Lipinski definition) is 0. The van der Waals surface area contributed by atoms with E-state index >= 15 is 0 Å². The van der Waals surface area contributed by atoms with Crippen molar-refractivity contribution in [3.05, 3.63) is 29.1 Å². The van der Waals surface area contributed by atoms with Crippen LogP contribution in [0.2, 0.25) is 0 Å². The van der Waals surface area contributed by atoms with E-state index in [1.807, 2.05) is 11.0 Å². The first kappa shape index (κ1) is 14.4. The molecule has 1 aromatic carbocycles. The van der Waals surface area contributed by atoms with Crippen LogP contribution >= 0.6 is 0 Å². The molecular weight excluding hydrogens is 269 g/mol. The van der Waals surface area contributed by atoms with E-state index in [0.29, 0.717) is 22.6 Å². The fourth-order valence-corrected chi connectivity index (χ4v) is 3.89. The minimum atomic E-state index is -0.180. The van der Waals surface area contributed by atoms with Gasteiger partial charge < -0.3 is 9.64 Å². The summed E-state index contributed by atoms with van der Waals surface area (Å²) in [4.78, 5) is 12.6. The van der Waals surface area contributed by atoms with Crippen LogP contribution in [0.1, 0.15) is 42.7 Å². The van der Waals surface area contributed by atoms with Gasteiger partial charge in [-0.15, -0.1) is 0 Å². The van der Waals surface area contributed by atoms with Crippen molar-refractivity contribution in [1.29, 1.82) is 0 Å². The van der Waals surface area contributed by atoms with E-state index in [9.17, 15) is 9.18 Å². The Hall–Kier alpha value is -1.58. The second-order valence-corrected chi connectivity index (χ2v) is 6.61. The number of hydrogen-bond acceptors (Lipinski definition) is 2. The molecule has 0 aromatic heterocycles. The molecule has 1 heterocycles. The molecule has 0 bridgehead atoms. The Balaban J connectivity index is 1.70. The summed E-state index contributed by atoms with van der Waals surface area (Å²) in [6.45, 7) is 3.54. The fourth-order valence-electron chi connectivity index (χ4n) is 3.89. The van der Waals surface area contributed by atoms with Gasteiger partial charge in [0, 0.05) is 24.1 Å². The molecule has 0 N–H and O–H groups in total. The van der Waals surface area contributed by atoms with Gasteiger partial charge in [0.05, 0.1) is 7.11 Å². The first-order valence-electron chi connectivity index (χ1n) is 7.60. The maximum Gasteiger partial charge on any atom is 0.209 e. The van der Waals surface area contributed by atoms with E-state index in [-0.39, 0.29) is 5.82 Å². The van der Waals surface area contributed by atoms with Crippen LogP contribution in [-0.2, 0) is 4.79 Å². The molecule has 0 atom stereocenters. The van der Waals surface area contributed by atoms with Crippen molar-refractivity contribution in [3.63, 3.8) is 0 Å². The molecule has 3 rings (SSSR count). The van der Waals surface area contributed by atoms with Crippen LogP contribution in [0, 0.1) is 18.2 Å². The highest BCUT2D eigenvalue weighted by molar-refractivity contribution is 5.49. The first-order chi connectivity index (χ1) is 10.1. The van der Waals surface area contributed by atoms with Gasteiger partial charge in [-0.2, -0.15) is 0 Å². The third-order valence-electron chi connectivity index (χ3n) is 5.28. The average molecular weight is 291 g/mol. The lowest BCUT2D eigenvalue weighted by Gasteiger charge is -2.52. The molecule has 1 amide bonds. The molecule has 1 aromatic rings. The van der Waals surface area contributed by atoms with Crippen molar-refractivity contribution in [2.24, 2.45) is 5.41 Å². The molecule has 1 saturated heterocycles. The van der Waals surface area contributed by atoms with Gasteiger partial charge in [0.15, 0.2) is 0 Å². The highest BCUT2D eigenvalue weighted by Crippen LogP contribution is 2.48. The van der Waals surface area contributed by atoms with E-state index in [1.54, 1.807) is 20.1 Å². The second kappa shape index (κ2) is 5.32. The van der Waals surface area contributed by atoms with Gasteiger partial charge in [-0.05, 0) is 56.2 Å². The van der Waals surface area contributed by atoms with Gasteiger partial charge in [0.2, 0.25) is 6.41 Å². The summed E-state index contributed by atoms with van der Waals surface area (Å²) in [5.74, 6) is 0.867. The van der Waals surface area contributed by atoms with Crippen molar-refractivity contribution in [3.8, 4) is 5.75 Å². The summed E-state index contributed by atoms with van der Waals surface area (Å²) in [6, 6.07) is 3.65. The third kappa shape index (κ3) is 2.52. The lowest BCUT2D eigenvalue weighted by Crippen LogP contribution is -2.56. The Labute approximate surface area is 125 Å². The number of nitrogens with zero attached hydrogens (tertiary/aromatic N) is 1. The molecule has 1 saturated carbocycles. The maximum atomic E-state index is 14.0. The highest BCUT2D eigenvalue weighted by atomic mass is 19.1. The zero-order valence-corrected chi connectivity index (χ0v) is 12.7. The van der Waals surface area contributed by atoms with Crippen molar-refractivity contribution in [2.45, 2.75) is 38.5 Å². The standard InChI is InChI=1S/C17H22FNO2/c1-12-15(18)7-14(8-16(12)21-2)13-3-5-17(6-4-13)9-19(10-17)11-20/h7-8,11,13H,3-6,9-10H2,1-2H3. The van der Waals surface area contributed by atoms with E-state index in [4.69, 9.17) is 4.74 Å². The van der Waals surface area contributed by atoms with Crippen molar-refractivity contribution >= 4 is 6.41 Å². The van der Waals surface area contributed by atoms with Crippen LogP contribution < -0.4 is 4.74 Å². The zero-order valence-electron chi connectivity index (χ0n) is 12.7.